The normalized spacial score (nSPS) is 19.0. The highest BCUT2D eigenvalue weighted by Crippen LogP contribution is 2.32. The topological polar surface area (TPSA) is 51.2 Å². The first-order valence-corrected chi connectivity index (χ1v) is 9.54. The molecular weight excluding hydrogens is 367 g/mol. The number of thiazole rings is 1. The van der Waals surface area contributed by atoms with Crippen LogP contribution in [0.5, 0.6) is 0 Å². The van der Waals surface area contributed by atoms with Crippen LogP contribution in [0, 0.1) is 0 Å². The molecule has 0 saturated carbocycles. The number of carbonyl (C=O) groups excluding carboxylic acids is 1. The third kappa shape index (κ3) is 4.48. The summed E-state index contributed by atoms with van der Waals surface area (Å²) in [7, 11) is 0. The molecule has 2 atom stereocenters. The molecule has 0 aliphatic carbocycles. The van der Waals surface area contributed by atoms with E-state index in [1.165, 1.54) is 11.3 Å². The summed E-state index contributed by atoms with van der Waals surface area (Å²) in [6, 6.07) is 5.34. The lowest BCUT2D eigenvalue weighted by molar-refractivity contribution is -0.118. The molecule has 1 saturated heterocycles. The monoisotopic (exact) mass is 384 g/mol. The molecule has 1 aliphatic rings. The van der Waals surface area contributed by atoms with Crippen LogP contribution < -0.4 is 5.32 Å². The lowest BCUT2D eigenvalue weighted by Gasteiger charge is -2.26. The Balaban J connectivity index is 1.81. The van der Waals surface area contributed by atoms with Gasteiger partial charge in [-0.25, -0.2) is 4.98 Å². The van der Waals surface area contributed by atoms with Crippen LogP contribution in [0.25, 0.3) is 0 Å². The maximum absolute atomic E-state index is 12.8. The minimum Gasteiger partial charge on any atom is -0.378 e. The zero-order valence-electron chi connectivity index (χ0n) is 13.0. The van der Waals surface area contributed by atoms with Gasteiger partial charge in [-0.15, -0.1) is 11.3 Å². The summed E-state index contributed by atoms with van der Waals surface area (Å²) in [4.78, 5) is 16.9. The highest BCUT2D eigenvalue weighted by molar-refractivity contribution is 7.13. The second kappa shape index (κ2) is 8.30. The molecule has 1 N–H and O–H groups in total. The molecule has 4 nitrogen and oxygen atoms in total. The third-order valence-electron chi connectivity index (χ3n) is 4.10. The summed E-state index contributed by atoms with van der Waals surface area (Å²) < 4.78 is 5.82. The van der Waals surface area contributed by atoms with Crippen LogP contribution in [0.2, 0.25) is 10.0 Å². The van der Waals surface area contributed by atoms with Gasteiger partial charge in [0.05, 0.1) is 22.1 Å². The highest BCUT2D eigenvalue weighted by atomic mass is 35.5. The number of anilines is 1. The fraction of sp³-hybridized carbons (Fsp3) is 0.412. The molecule has 2 unspecified atom stereocenters. The average Bonchev–Trinajstić information content (AvgIpc) is 3.09. The van der Waals surface area contributed by atoms with Crippen molar-refractivity contribution in [3.8, 4) is 0 Å². The SMILES string of the molecule is O=C(Nc1nccs1)C(CC1CCCCO1)c1ccc(Cl)c(Cl)c1. The Morgan fingerprint density at radius 1 is 1.38 bits per heavy atom. The average molecular weight is 385 g/mol. The van der Waals surface area contributed by atoms with Gasteiger partial charge in [0.15, 0.2) is 5.13 Å². The molecule has 1 amide bonds. The number of amides is 1. The minimum absolute atomic E-state index is 0.0836. The predicted octanol–water partition coefficient (Wildman–Crippen LogP) is 5.13. The van der Waals surface area contributed by atoms with Crippen molar-refractivity contribution in [2.75, 3.05) is 11.9 Å². The van der Waals surface area contributed by atoms with E-state index in [0.29, 0.717) is 21.6 Å². The molecule has 24 heavy (non-hydrogen) atoms. The molecule has 0 bridgehead atoms. The van der Waals surface area contributed by atoms with E-state index in [9.17, 15) is 4.79 Å². The van der Waals surface area contributed by atoms with Crippen molar-refractivity contribution < 1.29 is 9.53 Å². The Kier molecular flexibility index (Phi) is 6.11. The van der Waals surface area contributed by atoms with Gasteiger partial charge in [0.2, 0.25) is 5.91 Å². The van der Waals surface area contributed by atoms with Gasteiger partial charge in [-0.2, -0.15) is 0 Å². The van der Waals surface area contributed by atoms with E-state index in [0.717, 1.165) is 31.4 Å². The molecule has 1 aromatic carbocycles. The number of ether oxygens (including phenoxy) is 1. The number of rotatable bonds is 5. The number of hydrogen-bond donors (Lipinski definition) is 1. The lowest BCUT2D eigenvalue weighted by atomic mass is 9.90. The Hall–Kier alpha value is -1.14. The lowest BCUT2D eigenvalue weighted by Crippen LogP contribution is -2.28. The van der Waals surface area contributed by atoms with Gasteiger partial charge in [-0.3, -0.25) is 4.79 Å². The third-order valence-corrected chi connectivity index (χ3v) is 5.53. The summed E-state index contributed by atoms with van der Waals surface area (Å²) in [6.07, 6.45) is 5.56. The van der Waals surface area contributed by atoms with Crippen LogP contribution in [0.4, 0.5) is 5.13 Å². The number of nitrogens with zero attached hydrogens (tertiary/aromatic N) is 1. The molecule has 1 aliphatic heterocycles. The summed E-state index contributed by atoms with van der Waals surface area (Å²) >= 11 is 13.5. The number of carbonyl (C=O) groups is 1. The van der Waals surface area contributed by atoms with E-state index in [2.05, 4.69) is 10.3 Å². The summed E-state index contributed by atoms with van der Waals surface area (Å²) in [5, 5.41) is 6.23. The zero-order valence-corrected chi connectivity index (χ0v) is 15.3. The van der Waals surface area contributed by atoms with Crippen LogP contribution in [0.3, 0.4) is 0 Å². The first-order chi connectivity index (χ1) is 11.6. The number of halogens is 2. The van der Waals surface area contributed by atoms with E-state index in [1.54, 1.807) is 18.3 Å². The number of aromatic nitrogens is 1. The predicted molar refractivity (Wildman–Crippen MR) is 98.2 cm³/mol. The van der Waals surface area contributed by atoms with Crippen LogP contribution in [0.1, 0.15) is 37.2 Å². The molecule has 3 rings (SSSR count). The molecule has 2 aromatic rings. The maximum Gasteiger partial charge on any atom is 0.233 e. The van der Waals surface area contributed by atoms with Gasteiger partial charge < -0.3 is 10.1 Å². The molecular formula is C17H18Cl2N2O2S. The second-order valence-electron chi connectivity index (χ2n) is 5.78. The Morgan fingerprint density at radius 3 is 2.92 bits per heavy atom. The fourth-order valence-corrected chi connectivity index (χ4v) is 3.70. The summed E-state index contributed by atoms with van der Waals surface area (Å²) in [6.45, 7) is 0.757. The van der Waals surface area contributed by atoms with Gasteiger partial charge in [0.1, 0.15) is 0 Å². The van der Waals surface area contributed by atoms with Gasteiger partial charge in [0, 0.05) is 18.2 Å². The fourth-order valence-electron chi connectivity index (χ4n) is 2.86. The van der Waals surface area contributed by atoms with Crippen LogP contribution >= 0.6 is 34.5 Å². The number of benzene rings is 1. The van der Waals surface area contributed by atoms with Gasteiger partial charge in [-0.1, -0.05) is 29.3 Å². The second-order valence-corrected chi connectivity index (χ2v) is 7.49. The standard InChI is InChI=1S/C17H18Cl2N2O2S/c18-14-5-4-11(9-15(14)19)13(10-12-3-1-2-7-23-12)16(22)21-17-20-6-8-24-17/h4-6,8-9,12-13H,1-3,7,10H2,(H,20,21,22). The van der Waals surface area contributed by atoms with Crippen molar-refractivity contribution in [2.45, 2.75) is 37.7 Å². The molecule has 2 heterocycles. The molecule has 1 aromatic heterocycles. The highest BCUT2D eigenvalue weighted by Gasteiger charge is 2.27. The summed E-state index contributed by atoms with van der Waals surface area (Å²) in [5.74, 6) is -0.454. The minimum atomic E-state index is -0.355. The van der Waals surface area contributed by atoms with Crippen molar-refractivity contribution >= 4 is 45.6 Å². The quantitative estimate of drug-likeness (QED) is 0.776. The van der Waals surface area contributed by atoms with Gasteiger partial charge in [0.25, 0.3) is 0 Å². The summed E-state index contributed by atoms with van der Waals surface area (Å²) in [5.41, 5.74) is 0.840. The van der Waals surface area contributed by atoms with E-state index in [4.69, 9.17) is 27.9 Å². The van der Waals surface area contributed by atoms with E-state index in [-0.39, 0.29) is 17.9 Å². The Morgan fingerprint density at radius 2 is 2.25 bits per heavy atom. The smallest absolute Gasteiger partial charge is 0.233 e. The number of nitrogens with one attached hydrogen (secondary N) is 1. The van der Waals surface area contributed by atoms with Crippen LogP contribution in [-0.4, -0.2) is 23.6 Å². The first kappa shape index (κ1) is 17.7. The van der Waals surface area contributed by atoms with Crippen LogP contribution in [-0.2, 0) is 9.53 Å². The molecule has 128 valence electrons. The molecule has 1 fully saturated rings. The van der Waals surface area contributed by atoms with Crippen molar-refractivity contribution in [3.63, 3.8) is 0 Å². The van der Waals surface area contributed by atoms with Gasteiger partial charge >= 0.3 is 0 Å². The Bertz CT molecular complexity index is 688. The van der Waals surface area contributed by atoms with E-state index < -0.39 is 0 Å². The van der Waals surface area contributed by atoms with Crippen molar-refractivity contribution in [1.82, 2.24) is 4.98 Å². The molecule has 7 heteroatoms. The molecule has 0 radical (unpaired) electrons. The van der Waals surface area contributed by atoms with Crippen molar-refractivity contribution in [3.05, 3.63) is 45.4 Å². The van der Waals surface area contributed by atoms with Crippen molar-refractivity contribution in [2.24, 2.45) is 0 Å². The van der Waals surface area contributed by atoms with E-state index >= 15 is 0 Å². The van der Waals surface area contributed by atoms with E-state index in [1.807, 2.05) is 11.4 Å². The number of hydrogen-bond acceptors (Lipinski definition) is 4. The van der Waals surface area contributed by atoms with Crippen molar-refractivity contribution in [1.29, 1.82) is 0 Å². The largest absolute Gasteiger partial charge is 0.378 e. The first-order valence-electron chi connectivity index (χ1n) is 7.90. The Labute approximate surface area is 155 Å². The molecule has 0 spiro atoms. The van der Waals surface area contributed by atoms with Gasteiger partial charge in [-0.05, 0) is 43.4 Å². The zero-order chi connectivity index (χ0) is 16.9. The van der Waals surface area contributed by atoms with Crippen LogP contribution in [0.15, 0.2) is 29.8 Å². The maximum atomic E-state index is 12.8.